The minimum absolute atomic E-state index is 0.905. The van der Waals surface area contributed by atoms with Crippen LogP contribution in [0, 0.1) is 0 Å². The van der Waals surface area contributed by atoms with Crippen LogP contribution < -0.4 is 4.74 Å². The average Bonchev–Trinajstić information content (AvgIpc) is 2.77. The normalized spacial score (nSPS) is 12.7. The Kier molecular flexibility index (Phi) is 2.45. The van der Waals surface area contributed by atoms with E-state index in [1.165, 1.54) is 21.8 Å². The second kappa shape index (κ2) is 4.50. The van der Waals surface area contributed by atoms with E-state index in [0.717, 1.165) is 22.6 Å². The molecule has 1 aliphatic heterocycles. The Bertz CT molecular complexity index is 1100. The van der Waals surface area contributed by atoms with Gasteiger partial charge in [0.25, 0.3) is 0 Å². The molecule has 0 atom stereocenters. The monoisotopic (exact) mass is 297 g/mol. The van der Waals surface area contributed by atoms with Crippen molar-refractivity contribution >= 4 is 34.0 Å². The van der Waals surface area contributed by atoms with Crippen molar-refractivity contribution in [1.82, 2.24) is 4.57 Å². The number of nitrogens with zero attached hydrogens (tertiary/aromatic N) is 1. The van der Waals surface area contributed by atoms with E-state index in [4.69, 9.17) is 4.74 Å². The maximum Gasteiger partial charge on any atom is 0.144 e. The van der Waals surface area contributed by atoms with Gasteiger partial charge in [0.2, 0.25) is 0 Å². The van der Waals surface area contributed by atoms with Crippen molar-refractivity contribution in [2.45, 2.75) is 0 Å². The summed E-state index contributed by atoms with van der Waals surface area (Å²) in [5, 5.41) is 2.41. The summed E-state index contributed by atoms with van der Waals surface area (Å²) < 4.78 is 8.59. The Morgan fingerprint density at radius 1 is 0.739 bits per heavy atom. The van der Waals surface area contributed by atoms with Crippen LogP contribution in [0.4, 0.5) is 0 Å². The Labute approximate surface area is 134 Å². The number of ether oxygens (including phenoxy) is 1. The fourth-order valence-electron chi connectivity index (χ4n) is 3.48. The van der Waals surface area contributed by atoms with Gasteiger partial charge < -0.3 is 9.30 Å². The zero-order valence-electron chi connectivity index (χ0n) is 12.8. The molecule has 0 N–H and O–H groups in total. The lowest BCUT2D eigenvalue weighted by Crippen LogP contribution is -1.90. The van der Waals surface area contributed by atoms with Crippen LogP contribution in [-0.2, 0) is 7.05 Å². The van der Waals surface area contributed by atoms with Gasteiger partial charge in [-0.15, -0.1) is 0 Å². The molecule has 2 heterocycles. The highest BCUT2D eigenvalue weighted by Gasteiger charge is 2.18. The summed E-state index contributed by atoms with van der Waals surface area (Å²) >= 11 is 0. The van der Waals surface area contributed by atoms with Gasteiger partial charge in [0.15, 0.2) is 0 Å². The van der Waals surface area contributed by atoms with Gasteiger partial charge in [-0.2, -0.15) is 0 Å². The maximum absolute atomic E-state index is 6.36. The third-order valence-corrected chi connectivity index (χ3v) is 4.64. The molecule has 0 unspecified atom stereocenters. The average molecular weight is 297 g/mol. The molecule has 0 fully saturated rings. The number of rotatable bonds is 0. The Morgan fingerprint density at radius 3 is 2.48 bits per heavy atom. The van der Waals surface area contributed by atoms with Crippen molar-refractivity contribution in [3.05, 3.63) is 71.8 Å². The number of aromatic nitrogens is 1. The van der Waals surface area contributed by atoms with E-state index in [2.05, 4.69) is 66.2 Å². The van der Waals surface area contributed by atoms with Crippen LogP contribution in [0.15, 0.2) is 60.7 Å². The highest BCUT2D eigenvalue weighted by Crippen LogP contribution is 2.42. The first-order chi connectivity index (χ1) is 11.3. The molecule has 110 valence electrons. The summed E-state index contributed by atoms with van der Waals surface area (Å²) in [5.41, 5.74) is 4.64. The smallest absolute Gasteiger partial charge is 0.144 e. The van der Waals surface area contributed by atoms with Crippen LogP contribution in [0.5, 0.6) is 11.5 Å². The molecule has 5 rings (SSSR count). The molecule has 0 spiro atoms. The second-order valence-electron chi connectivity index (χ2n) is 5.93. The zero-order valence-corrected chi connectivity index (χ0v) is 12.8. The molecule has 1 aromatic heterocycles. The molecule has 0 amide bonds. The summed E-state index contributed by atoms with van der Waals surface area (Å²) in [6, 6.07) is 21.0. The van der Waals surface area contributed by atoms with Crippen LogP contribution in [-0.4, -0.2) is 4.57 Å². The van der Waals surface area contributed by atoms with E-state index in [-0.39, 0.29) is 0 Å². The van der Waals surface area contributed by atoms with Crippen LogP contribution in [0.3, 0.4) is 0 Å². The lowest BCUT2D eigenvalue weighted by molar-refractivity contribution is 0.487. The first-order valence-corrected chi connectivity index (χ1v) is 7.78. The standard InChI is InChI=1S/C21H15NO/c1-22-17-8-4-3-7-16(17)20-18(22)13-12-15-11-10-14-6-2-5-9-19(14)23-21(15)20/h2-13H,1H3. The molecule has 3 aromatic carbocycles. The molecule has 0 aliphatic carbocycles. The fraction of sp³-hybridized carbons (Fsp3) is 0.0476. The first-order valence-electron chi connectivity index (χ1n) is 7.78. The highest BCUT2D eigenvalue weighted by molar-refractivity contribution is 6.12. The number of fused-ring (bicyclic) bond motifs is 6. The lowest BCUT2D eigenvalue weighted by atomic mass is 10.1. The second-order valence-corrected chi connectivity index (χ2v) is 5.93. The van der Waals surface area contributed by atoms with Gasteiger partial charge in [-0.05, 0) is 24.3 Å². The largest absolute Gasteiger partial charge is 0.455 e. The van der Waals surface area contributed by atoms with Crippen molar-refractivity contribution in [3.63, 3.8) is 0 Å². The van der Waals surface area contributed by atoms with Gasteiger partial charge in [0.05, 0.1) is 10.9 Å². The van der Waals surface area contributed by atoms with Gasteiger partial charge in [-0.25, -0.2) is 0 Å². The Morgan fingerprint density at radius 2 is 1.52 bits per heavy atom. The van der Waals surface area contributed by atoms with Gasteiger partial charge in [-0.1, -0.05) is 48.6 Å². The van der Waals surface area contributed by atoms with Gasteiger partial charge in [0.1, 0.15) is 11.5 Å². The molecule has 0 radical (unpaired) electrons. The van der Waals surface area contributed by atoms with Gasteiger partial charge in [0, 0.05) is 29.1 Å². The van der Waals surface area contributed by atoms with Gasteiger partial charge in [-0.3, -0.25) is 0 Å². The predicted octanol–water partition coefficient (Wildman–Crippen LogP) is 5.61. The van der Waals surface area contributed by atoms with Crippen molar-refractivity contribution in [2.24, 2.45) is 7.05 Å². The summed E-state index contributed by atoms with van der Waals surface area (Å²) in [6.45, 7) is 0. The lowest BCUT2D eigenvalue weighted by Gasteiger charge is -2.10. The van der Waals surface area contributed by atoms with E-state index >= 15 is 0 Å². The molecule has 4 aromatic rings. The van der Waals surface area contributed by atoms with Crippen molar-refractivity contribution in [1.29, 1.82) is 0 Å². The third-order valence-electron chi connectivity index (χ3n) is 4.64. The Hall–Kier alpha value is -3.00. The molecule has 0 bridgehead atoms. The van der Waals surface area contributed by atoms with Crippen LogP contribution >= 0.6 is 0 Å². The number of hydrogen-bond acceptors (Lipinski definition) is 1. The number of hydrogen-bond donors (Lipinski definition) is 0. The van der Waals surface area contributed by atoms with Crippen LogP contribution in [0.25, 0.3) is 34.0 Å². The summed E-state index contributed by atoms with van der Waals surface area (Å²) in [4.78, 5) is 0. The minimum atomic E-state index is 0.905. The van der Waals surface area contributed by atoms with E-state index in [1.54, 1.807) is 0 Å². The highest BCUT2D eigenvalue weighted by atomic mass is 16.5. The molecule has 2 heteroatoms. The molecule has 0 saturated carbocycles. The zero-order chi connectivity index (χ0) is 15.4. The quantitative estimate of drug-likeness (QED) is 0.362. The summed E-state index contributed by atoms with van der Waals surface area (Å²) in [5.74, 6) is 1.85. The van der Waals surface area contributed by atoms with Crippen molar-refractivity contribution in [2.75, 3.05) is 0 Å². The number of para-hydroxylation sites is 2. The number of benzene rings is 3. The third kappa shape index (κ3) is 1.69. The van der Waals surface area contributed by atoms with Gasteiger partial charge >= 0.3 is 0 Å². The fourth-order valence-corrected chi connectivity index (χ4v) is 3.48. The predicted molar refractivity (Wildman–Crippen MR) is 95.9 cm³/mol. The van der Waals surface area contributed by atoms with E-state index < -0.39 is 0 Å². The van der Waals surface area contributed by atoms with E-state index in [9.17, 15) is 0 Å². The first kappa shape index (κ1) is 12.5. The Balaban J connectivity index is 1.92. The van der Waals surface area contributed by atoms with E-state index in [0.29, 0.717) is 0 Å². The minimum Gasteiger partial charge on any atom is -0.455 e. The molecule has 0 saturated heterocycles. The molecule has 1 aliphatic rings. The van der Waals surface area contributed by atoms with E-state index in [1.807, 2.05) is 18.2 Å². The maximum atomic E-state index is 6.36. The molecular weight excluding hydrogens is 282 g/mol. The number of aryl methyl sites for hydroxylation is 1. The van der Waals surface area contributed by atoms with Crippen LogP contribution in [0.1, 0.15) is 11.1 Å². The summed E-state index contributed by atoms with van der Waals surface area (Å²) in [7, 11) is 2.11. The molecular formula is C21H15NO. The SMILES string of the molecule is Cn1c2ccccc2c2c3c(ccc21)C=Cc1ccccc1O3. The molecule has 23 heavy (non-hydrogen) atoms. The summed E-state index contributed by atoms with van der Waals surface area (Å²) in [6.07, 6.45) is 4.26. The molecule has 2 nitrogen and oxygen atoms in total. The topological polar surface area (TPSA) is 14.2 Å². The van der Waals surface area contributed by atoms with Crippen LogP contribution in [0.2, 0.25) is 0 Å². The van der Waals surface area contributed by atoms with Crippen molar-refractivity contribution < 1.29 is 4.74 Å². The van der Waals surface area contributed by atoms with Crippen molar-refractivity contribution in [3.8, 4) is 11.5 Å².